The number of carbonyl (C=O) groups is 1. The van der Waals surface area contributed by atoms with E-state index in [9.17, 15) is 23.1 Å². The largest absolute Gasteiger partial charge is 0.458 e. The number of alkyl halides is 3. The van der Waals surface area contributed by atoms with Crippen molar-refractivity contribution in [3.63, 3.8) is 0 Å². The van der Waals surface area contributed by atoms with Crippen LogP contribution in [0.25, 0.3) is 0 Å². The van der Waals surface area contributed by atoms with Crippen molar-refractivity contribution >= 4 is 5.97 Å². The molecule has 0 radical (unpaired) electrons. The van der Waals surface area contributed by atoms with Gasteiger partial charge in [0.2, 0.25) is 0 Å². The van der Waals surface area contributed by atoms with Crippen LogP contribution in [0.2, 0.25) is 0 Å². The summed E-state index contributed by atoms with van der Waals surface area (Å²) in [5.74, 6) is 3.10. The molecule has 1 aromatic rings. The molecule has 1 N–H and O–H groups in total. The van der Waals surface area contributed by atoms with E-state index < -0.39 is 11.8 Å². The van der Waals surface area contributed by atoms with Crippen LogP contribution in [0.15, 0.2) is 30.3 Å². The van der Waals surface area contributed by atoms with Crippen molar-refractivity contribution in [3.05, 3.63) is 35.9 Å². The molecule has 0 heterocycles. The molecule has 5 aliphatic carbocycles. The highest BCUT2D eigenvalue weighted by atomic mass is 19.4. The maximum Gasteiger partial charge on any atom is 0.417 e. The predicted molar refractivity (Wildman–Crippen MR) is 167 cm³/mol. The van der Waals surface area contributed by atoms with Gasteiger partial charge in [-0.1, -0.05) is 58.2 Å². The van der Waals surface area contributed by atoms with E-state index in [1.165, 1.54) is 32.1 Å². The van der Waals surface area contributed by atoms with E-state index in [4.69, 9.17) is 4.74 Å². The van der Waals surface area contributed by atoms with Gasteiger partial charge in [0.05, 0.1) is 5.56 Å². The number of ether oxygens (including phenoxy) is 1. The zero-order valence-corrected chi connectivity index (χ0v) is 27.2. The third-order valence-corrected chi connectivity index (χ3v) is 14.4. The molecule has 0 amide bonds. The number of halogens is 3. The topological polar surface area (TPSA) is 46.5 Å². The molecule has 44 heavy (non-hydrogen) atoms. The monoisotopic (exact) mass is 616 g/mol. The SMILES string of the molecule is C[C@H](CC[C@H](OC(=O)c1ccccc1)C1CCCCC1)[C@H]1CCC2[C@@H]3CCC4C[C@](O)(C(F)(F)F)CC[C@]4(C)C3CC[C@@]21C. The van der Waals surface area contributed by atoms with Gasteiger partial charge in [-0.2, -0.15) is 13.2 Å². The zero-order chi connectivity index (χ0) is 31.3. The van der Waals surface area contributed by atoms with Crippen LogP contribution in [0.4, 0.5) is 13.2 Å². The van der Waals surface area contributed by atoms with Crippen molar-refractivity contribution in [1.29, 1.82) is 0 Å². The van der Waals surface area contributed by atoms with Crippen molar-refractivity contribution in [1.82, 2.24) is 0 Å². The highest BCUT2D eigenvalue weighted by Crippen LogP contribution is 2.69. The van der Waals surface area contributed by atoms with E-state index in [0.717, 1.165) is 51.4 Å². The third kappa shape index (κ3) is 5.77. The second-order valence-electron chi connectivity index (χ2n) is 16.4. The minimum absolute atomic E-state index is 0.0249. The summed E-state index contributed by atoms with van der Waals surface area (Å²) in [5.41, 5.74) is -1.70. The first-order valence-electron chi connectivity index (χ1n) is 17.9. The Bertz CT molecular complexity index is 1150. The summed E-state index contributed by atoms with van der Waals surface area (Å²) in [6.45, 7) is 7.23. The van der Waals surface area contributed by atoms with Crippen LogP contribution in [-0.2, 0) is 4.74 Å². The Morgan fingerprint density at radius 2 is 1.59 bits per heavy atom. The molecule has 246 valence electrons. The summed E-state index contributed by atoms with van der Waals surface area (Å²) in [6, 6.07) is 9.40. The van der Waals surface area contributed by atoms with Gasteiger partial charge in [0.25, 0.3) is 0 Å². The number of aliphatic hydroxyl groups is 1. The minimum atomic E-state index is -4.54. The first kappa shape index (κ1) is 32.4. The molecule has 5 fully saturated rings. The Balaban J connectivity index is 1.11. The number of carbonyl (C=O) groups excluding carboxylic acids is 1. The maximum absolute atomic E-state index is 13.8. The molecular weight excluding hydrogens is 561 g/mol. The molecule has 0 spiro atoms. The number of rotatable bonds is 7. The van der Waals surface area contributed by atoms with Crippen LogP contribution in [-0.4, -0.2) is 29.0 Å². The predicted octanol–water partition coefficient (Wildman–Crippen LogP) is 10.2. The van der Waals surface area contributed by atoms with Crippen molar-refractivity contribution < 1.29 is 27.8 Å². The number of esters is 1. The van der Waals surface area contributed by atoms with Crippen molar-refractivity contribution in [3.8, 4) is 0 Å². The summed E-state index contributed by atoms with van der Waals surface area (Å²) in [5, 5.41) is 10.6. The molecule has 0 bridgehead atoms. The van der Waals surface area contributed by atoms with E-state index in [1.807, 2.05) is 30.3 Å². The lowest BCUT2D eigenvalue weighted by atomic mass is 9.43. The molecule has 3 unspecified atom stereocenters. The second kappa shape index (κ2) is 12.2. The first-order valence-corrected chi connectivity index (χ1v) is 17.9. The molecule has 0 aromatic heterocycles. The van der Waals surface area contributed by atoms with E-state index >= 15 is 0 Å². The average molecular weight is 617 g/mol. The van der Waals surface area contributed by atoms with Crippen molar-refractivity contribution in [2.24, 2.45) is 52.3 Å². The fourth-order valence-electron chi connectivity index (χ4n) is 11.8. The quantitative estimate of drug-likeness (QED) is 0.310. The summed E-state index contributed by atoms with van der Waals surface area (Å²) >= 11 is 0. The van der Waals surface area contributed by atoms with Crippen LogP contribution in [0.5, 0.6) is 0 Å². The number of hydrogen-bond acceptors (Lipinski definition) is 3. The molecule has 0 aliphatic heterocycles. The Labute approximate surface area is 263 Å². The van der Waals surface area contributed by atoms with Gasteiger partial charge in [0, 0.05) is 0 Å². The lowest BCUT2D eigenvalue weighted by molar-refractivity contribution is -0.290. The van der Waals surface area contributed by atoms with Gasteiger partial charge >= 0.3 is 12.1 Å². The number of fused-ring (bicyclic) bond motifs is 5. The molecular formula is C38H55F3O3. The summed E-state index contributed by atoms with van der Waals surface area (Å²) < 4.78 is 47.6. The van der Waals surface area contributed by atoms with Gasteiger partial charge in [-0.05, 0) is 148 Å². The molecule has 5 saturated carbocycles. The summed E-state index contributed by atoms with van der Waals surface area (Å²) in [7, 11) is 0. The Morgan fingerprint density at radius 3 is 2.30 bits per heavy atom. The van der Waals surface area contributed by atoms with Crippen LogP contribution in [0.1, 0.15) is 134 Å². The van der Waals surface area contributed by atoms with Gasteiger partial charge < -0.3 is 9.84 Å². The van der Waals surface area contributed by atoms with Gasteiger partial charge in [0.1, 0.15) is 6.10 Å². The van der Waals surface area contributed by atoms with Crippen LogP contribution in [0.3, 0.4) is 0 Å². The van der Waals surface area contributed by atoms with Gasteiger partial charge in [-0.25, -0.2) is 4.79 Å². The molecule has 6 heteroatoms. The van der Waals surface area contributed by atoms with Crippen LogP contribution in [0, 0.1) is 52.3 Å². The Hall–Kier alpha value is -1.56. The van der Waals surface area contributed by atoms with E-state index in [0.29, 0.717) is 47.5 Å². The fourth-order valence-corrected chi connectivity index (χ4v) is 11.8. The fraction of sp³-hybridized carbons (Fsp3) is 0.816. The lowest BCUT2D eigenvalue weighted by Gasteiger charge is -2.62. The first-order chi connectivity index (χ1) is 20.9. The number of benzene rings is 1. The summed E-state index contributed by atoms with van der Waals surface area (Å²) in [4.78, 5) is 13.1. The normalized spacial score (nSPS) is 40.8. The highest BCUT2D eigenvalue weighted by Gasteiger charge is 2.65. The minimum Gasteiger partial charge on any atom is -0.458 e. The molecule has 1 aromatic carbocycles. The molecule has 10 atom stereocenters. The Morgan fingerprint density at radius 1 is 0.886 bits per heavy atom. The molecule has 5 aliphatic rings. The van der Waals surface area contributed by atoms with Gasteiger partial charge in [-0.15, -0.1) is 0 Å². The zero-order valence-electron chi connectivity index (χ0n) is 27.2. The molecule has 6 rings (SSSR count). The van der Waals surface area contributed by atoms with Crippen molar-refractivity contribution in [2.45, 2.75) is 141 Å². The standard InChI is InChI=1S/C38H55F3O3/c1-25(14-19-33(26-10-6-4-7-11-26)44-34(42)27-12-8-5-9-13-27)30-17-18-31-29-16-15-28-24-37(43,38(39,40)41)23-22-35(28,2)32(29)20-21-36(30,31)3/h5,8-9,12-13,25-26,28-33,43H,4,6-7,10-11,14-24H2,1-3H3/t25-,28?,29+,30-,31?,32?,33+,35+,36-,37+/m1/s1. The Kier molecular flexibility index (Phi) is 9.00. The molecule has 0 saturated heterocycles. The molecule has 3 nitrogen and oxygen atoms in total. The smallest absolute Gasteiger partial charge is 0.417 e. The van der Waals surface area contributed by atoms with Gasteiger partial charge in [-0.3, -0.25) is 0 Å². The third-order valence-electron chi connectivity index (χ3n) is 14.4. The number of hydrogen-bond donors (Lipinski definition) is 1. The van der Waals surface area contributed by atoms with Crippen LogP contribution < -0.4 is 0 Å². The van der Waals surface area contributed by atoms with E-state index in [2.05, 4.69) is 20.8 Å². The van der Waals surface area contributed by atoms with E-state index in [-0.39, 0.29) is 41.7 Å². The van der Waals surface area contributed by atoms with Gasteiger partial charge in [0.15, 0.2) is 5.60 Å². The second-order valence-corrected chi connectivity index (χ2v) is 16.4. The van der Waals surface area contributed by atoms with E-state index in [1.54, 1.807) is 0 Å². The highest BCUT2D eigenvalue weighted by molar-refractivity contribution is 5.89. The maximum atomic E-state index is 13.8. The summed E-state index contributed by atoms with van der Waals surface area (Å²) in [6.07, 6.45) is 10.2. The van der Waals surface area contributed by atoms with Crippen LogP contribution >= 0.6 is 0 Å². The van der Waals surface area contributed by atoms with Crippen molar-refractivity contribution in [2.75, 3.05) is 0 Å². The average Bonchev–Trinajstić information content (AvgIpc) is 3.37. The lowest BCUT2D eigenvalue weighted by Crippen LogP contribution is -2.59.